The van der Waals surface area contributed by atoms with E-state index in [0.29, 0.717) is 5.69 Å². The van der Waals surface area contributed by atoms with Gasteiger partial charge in [0.05, 0.1) is 10.6 Å². The van der Waals surface area contributed by atoms with E-state index in [4.69, 9.17) is 0 Å². The van der Waals surface area contributed by atoms with Crippen molar-refractivity contribution in [2.75, 3.05) is 10.8 Å². The van der Waals surface area contributed by atoms with Crippen LogP contribution in [0, 0.1) is 27.7 Å². The molecule has 3 rings (SSSR count). The molecule has 7 nitrogen and oxygen atoms in total. The van der Waals surface area contributed by atoms with Crippen LogP contribution in [0.2, 0.25) is 0 Å². The standard InChI is InChI=1S/C32H41N3O4S/c1-8-25(5)33-32(37)27(7)34(20-28-14-10-9-12-24(28)4)31(36)21-35(30-15-11-13-23(3)26(30)6)40(38,39)29-18-16-22(2)17-19-29/h9-19,25,27H,8,20-21H2,1-7H3,(H,33,37)/t25-,27-/m0/s1. The molecule has 0 aromatic heterocycles. The first-order valence-corrected chi connectivity index (χ1v) is 15.1. The van der Waals surface area contributed by atoms with Gasteiger partial charge in [-0.1, -0.05) is 61.0 Å². The van der Waals surface area contributed by atoms with Crippen LogP contribution in [0.25, 0.3) is 0 Å². The second-order valence-electron chi connectivity index (χ2n) is 10.5. The summed E-state index contributed by atoms with van der Waals surface area (Å²) < 4.78 is 29.3. The van der Waals surface area contributed by atoms with Crippen molar-refractivity contribution in [3.8, 4) is 0 Å². The van der Waals surface area contributed by atoms with Crippen molar-refractivity contribution in [2.45, 2.75) is 78.4 Å². The van der Waals surface area contributed by atoms with Crippen LogP contribution in [0.1, 0.15) is 55.0 Å². The first-order valence-electron chi connectivity index (χ1n) is 13.7. The molecule has 214 valence electrons. The zero-order valence-corrected chi connectivity index (χ0v) is 25.4. The molecule has 3 aromatic rings. The maximum atomic E-state index is 14.1. The third-order valence-corrected chi connectivity index (χ3v) is 9.28. The number of carbonyl (C=O) groups is 2. The predicted molar refractivity (Wildman–Crippen MR) is 161 cm³/mol. The minimum absolute atomic E-state index is 0.0567. The molecule has 1 N–H and O–H groups in total. The van der Waals surface area contributed by atoms with Crippen molar-refractivity contribution < 1.29 is 18.0 Å². The molecule has 3 aromatic carbocycles. The number of amides is 2. The highest BCUT2D eigenvalue weighted by atomic mass is 32.2. The number of benzene rings is 3. The maximum Gasteiger partial charge on any atom is 0.264 e. The molecular formula is C32H41N3O4S. The normalized spacial score (nSPS) is 12.9. The van der Waals surface area contributed by atoms with Crippen molar-refractivity contribution in [2.24, 2.45) is 0 Å². The lowest BCUT2D eigenvalue weighted by atomic mass is 10.1. The first kappa shape index (κ1) is 30.9. The zero-order chi connectivity index (χ0) is 29.6. The zero-order valence-electron chi connectivity index (χ0n) is 24.6. The van der Waals surface area contributed by atoms with Crippen LogP contribution in [-0.4, -0.2) is 43.8 Å². The molecule has 0 fully saturated rings. The topological polar surface area (TPSA) is 86.8 Å². The molecular weight excluding hydrogens is 522 g/mol. The summed E-state index contributed by atoms with van der Waals surface area (Å²) in [4.78, 5) is 28.9. The lowest BCUT2D eigenvalue weighted by Gasteiger charge is -2.33. The van der Waals surface area contributed by atoms with E-state index in [-0.39, 0.29) is 23.4 Å². The van der Waals surface area contributed by atoms with Gasteiger partial charge in [-0.15, -0.1) is 0 Å². The van der Waals surface area contributed by atoms with Crippen molar-refractivity contribution in [3.05, 3.63) is 94.5 Å². The van der Waals surface area contributed by atoms with Crippen LogP contribution in [-0.2, 0) is 26.2 Å². The van der Waals surface area contributed by atoms with Gasteiger partial charge in [-0.3, -0.25) is 13.9 Å². The Hall–Kier alpha value is -3.65. The predicted octanol–water partition coefficient (Wildman–Crippen LogP) is 5.45. The van der Waals surface area contributed by atoms with Crippen LogP contribution in [0.5, 0.6) is 0 Å². The highest BCUT2D eigenvalue weighted by Gasteiger charge is 2.33. The molecule has 0 aliphatic carbocycles. The summed E-state index contributed by atoms with van der Waals surface area (Å²) in [6.45, 7) is 12.9. The number of sulfonamides is 1. The summed E-state index contributed by atoms with van der Waals surface area (Å²) in [7, 11) is -4.10. The van der Waals surface area contributed by atoms with E-state index >= 15 is 0 Å². The summed E-state index contributed by atoms with van der Waals surface area (Å²) in [5.41, 5.74) is 4.90. The maximum absolute atomic E-state index is 14.1. The van der Waals surface area contributed by atoms with E-state index in [1.807, 2.05) is 71.9 Å². The van der Waals surface area contributed by atoms with E-state index in [0.717, 1.165) is 34.2 Å². The number of carbonyl (C=O) groups excluding carboxylic acids is 2. The molecule has 0 heterocycles. The van der Waals surface area contributed by atoms with E-state index in [1.165, 1.54) is 9.21 Å². The lowest BCUT2D eigenvalue weighted by Crippen LogP contribution is -2.52. The fraction of sp³-hybridized carbons (Fsp3) is 0.375. The third-order valence-electron chi connectivity index (χ3n) is 7.50. The van der Waals surface area contributed by atoms with Crippen LogP contribution in [0.3, 0.4) is 0 Å². The summed E-state index contributed by atoms with van der Waals surface area (Å²) in [5.74, 6) is -0.748. The molecule has 0 spiro atoms. The summed E-state index contributed by atoms with van der Waals surface area (Å²) >= 11 is 0. The first-order chi connectivity index (χ1) is 18.9. The molecule has 40 heavy (non-hydrogen) atoms. The molecule has 2 atom stereocenters. The van der Waals surface area contributed by atoms with E-state index < -0.39 is 28.5 Å². The summed E-state index contributed by atoms with van der Waals surface area (Å²) in [5, 5.41) is 2.96. The van der Waals surface area contributed by atoms with Gasteiger partial charge in [0.2, 0.25) is 11.8 Å². The number of nitrogens with zero attached hydrogens (tertiary/aromatic N) is 2. The minimum Gasteiger partial charge on any atom is -0.352 e. The van der Waals surface area contributed by atoms with Gasteiger partial charge in [-0.05, 0) is 88.4 Å². The molecule has 0 saturated carbocycles. The Labute approximate surface area is 239 Å². The second-order valence-corrected chi connectivity index (χ2v) is 12.3. The SMILES string of the molecule is CC[C@H](C)NC(=O)[C@H](C)N(Cc1ccccc1C)C(=O)CN(c1cccc(C)c1C)S(=O)(=O)c1ccc(C)cc1. The van der Waals surface area contributed by atoms with Crippen molar-refractivity contribution in [3.63, 3.8) is 0 Å². The Bertz CT molecular complexity index is 1450. The van der Waals surface area contributed by atoms with E-state index in [9.17, 15) is 18.0 Å². The lowest BCUT2D eigenvalue weighted by molar-refractivity contribution is -0.139. The fourth-order valence-corrected chi connectivity index (χ4v) is 5.85. The minimum atomic E-state index is -4.10. The van der Waals surface area contributed by atoms with Gasteiger partial charge in [0.25, 0.3) is 10.0 Å². The van der Waals surface area contributed by atoms with Gasteiger partial charge in [0.15, 0.2) is 0 Å². The quantitative estimate of drug-likeness (QED) is 0.336. The molecule has 0 aliphatic rings. The number of anilines is 1. The Morgan fingerprint density at radius 3 is 2.10 bits per heavy atom. The van der Waals surface area contributed by atoms with Crippen molar-refractivity contribution >= 4 is 27.5 Å². The van der Waals surface area contributed by atoms with Crippen LogP contribution in [0.15, 0.2) is 71.6 Å². The van der Waals surface area contributed by atoms with Crippen LogP contribution in [0.4, 0.5) is 5.69 Å². The monoisotopic (exact) mass is 563 g/mol. The third kappa shape index (κ3) is 7.10. The smallest absolute Gasteiger partial charge is 0.264 e. The fourth-order valence-electron chi connectivity index (χ4n) is 4.38. The molecule has 0 saturated heterocycles. The van der Waals surface area contributed by atoms with Crippen LogP contribution >= 0.6 is 0 Å². The Morgan fingerprint density at radius 1 is 0.850 bits per heavy atom. The average molecular weight is 564 g/mol. The van der Waals surface area contributed by atoms with Crippen LogP contribution < -0.4 is 9.62 Å². The average Bonchev–Trinajstić information content (AvgIpc) is 2.92. The largest absolute Gasteiger partial charge is 0.352 e. The van der Waals surface area contributed by atoms with E-state index in [2.05, 4.69) is 5.32 Å². The van der Waals surface area contributed by atoms with Gasteiger partial charge >= 0.3 is 0 Å². The summed E-state index contributed by atoms with van der Waals surface area (Å²) in [6.07, 6.45) is 0.749. The molecule has 0 unspecified atom stereocenters. The Balaban J connectivity index is 2.08. The second kappa shape index (κ2) is 13.1. The molecule has 0 aliphatic heterocycles. The number of nitrogens with one attached hydrogen (secondary N) is 1. The highest BCUT2D eigenvalue weighted by molar-refractivity contribution is 7.92. The Morgan fingerprint density at radius 2 is 1.48 bits per heavy atom. The number of aryl methyl sites for hydroxylation is 3. The number of rotatable bonds is 11. The van der Waals surface area contributed by atoms with Gasteiger partial charge in [-0.2, -0.15) is 0 Å². The van der Waals surface area contributed by atoms with Gasteiger partial charge in [0, 0.05) is 12.6 Å². The van der Waals surface area contributed by atoms with Crippen molar-refractivity contribution in [1.29, 1.82) is 0 Å². The molecule has 2 amide bonds. The van der Waals surface area contributed by atoms with E-state index in [1.54, 1.807) is 43.3 Å². The molecule has 0 radical (unpaired) electrons. The van der Waals surface area contributed by atoms with Gasteiger partial charge < -0.3 is 10.2 Å². The Kier molecular flexibility index (Phi) is 10.1. The number of hydrogen-bond acceptors (Lipinski definition) is 4. The number of hydrogen-bond donors (Lipinski definition) is 1. The molecule has 8 heteroatoms. The van der Waals surface area contributed by atoms with Gasteiger partial charge in [0.1, 0.15) is 12.6 Å². The van der Waals surface area contributed by atoms with Gasteiger partial charge in [-0.25, -0.2) is 8.42 Å². The highest BCUT2D eigenvalue weighted by Crippen LogP contribution is 2.29. The summed E-state index contributed by atoms with van der Waals surface area (Å²) in [6, 6.07) is 18.8. The molecule has 0 bridgehead atoms. The van der Waals surface area contributed by atoms with Crippen molar-refractivity contribution in [1.82, 2.24) is 10.2 Å².